The topological polar surface area (TPSA) is 202 Å². The number of rotatable bonds is 12. The third kappa shape index (κ3) is 11.2. The number of carbonyl (C=O) groups excluding carboxylic acids is 2. The molecule has 32 heavy (non-hydrogen) atoms. The Kier molecular flexibility index (Phi) is 18.0. The van der Waals surface area contributed by atoms with Crippen molar-refractivity contribution in [3.8, 4) is 0 Å². The first-order chi connectivity index (χ1) is 13.9. The van der Waals surface area contributed by atoms with Gasteiger partial charge in [-0.15, -0.1) is 20.4 Å². The van der Waals surface area contributed by atoms with E-state index in [4.69, 9.17) is 21.7 Å². The fraction of sp³-hybridized carbons (Fsp3) is 0.600. The Bertz CT molecular complexity index is 744. The number of amides is 2. The molecule has 12 nitrogen and oxygen atoms in total. The predicted octanol–water partition coefficient (Wildman–Crippen LogP) is -0.714. The number of hydrogen-bond acceptors (Lipinski definition) is 13. The number of aromatic nitrogens is 4. The highest BCUT2D eigenvalue weighted by atomic mass is 32.2. The van der Waals surface area contributed by atoms with Crippen molar-refractivity contribution < 1.29 is 19.8 Å². The number of nitrogens with zero attached hydrogens (tertiary/aromatic N) is 4. The first-order valence-corrected chi connectivity index (χ1v) is 11.3. The van der Waals surface area contributed by atoms with Crippen LogP contribution in [0, 0.1) is 0 Å². The van der Waals surface area contributed by atoms with Crippen molar-refractivity contribution in [1.82, 2.24) is 20.4 Å². The minimum Gasteiger partial charge on any atom is -0.394 e. The summed E-state index contributed by atoms with van der Waals surface area (Å²) in [4.78, 5) is 23.2. The Morgan fingerprint density at radius 2 is 1.22 bits per heavy atom. The van der Waals surface area contributed by atoms with Gasteiger partial charge in [0.25, 0.3) is 0 Å². The molecule has 0 saturated heterocycles. The Balaban J connectivity index is 0. The van der Waals surface area contributed by atoms with Crippen molar-refractivity contribution in [2.75, 3.05) is 35.4 Å². The molecule has 184 valence electrons. The third-order valence-corrected chi connectivity index (χ3v) is 6.16. The third-order valence-electron chi connectivity index (χ3n) is 3.38. The van der Waals surface area contributed by atoms with Crippen molar-refractivity contribution in [3.63, 3.8) is 0 Å². The van der Waals surface area contributed by atoms with E-state index in [1.54, 1.807) is 11.8 Å². The van der Waals surface area contributed by atoms with E-state index in [-0.39, 0.29) is 34.4 Å². The summed E-state index contributed by atoms with van der Waals surface area (Å²) in [5.74, 6) is 0.616. The molecule has 2 aromatic rings. The van der Waals surface area contributed by atoms with E-state index in [0.717, 1.165) is 21.5 Å². The Morgan fingerprint density at radius 3 is 1.56 bits per heavy atom. The van der Waals surface area contributed by atoms with Crippen LogP contribution in [0.15, 0.2) is 0 Å². The molecule has 0 fully saturated rings. The fourth-order valence-corrected chi connectivity index (χ4v) is 4.42. The molecule has 2 aromatic heterocycles. The molecule has 8 N–H and O–H groups in total. The van der Waals surface area contributed by atoms with Gasteiger partial charge in [0.05, 0.1) is 13.2 Å². The van der Waals surface area contributed by atoms with Gasteiger partial charge in [-0.05, 0) is 11.5 Å². The summed E-state index contributed by atoms with van der Waals surface area (Å²) in [5, 5.41) is 40.8. The molecule has 0 spiro atoms. The van der Waals surface area contributed by atoms with Crippen molar-refractivity contribution in [3.05, 3.63) is 10.0 Å². The van der Waals surface area contributed by atoms with Crippen LogP contribution in [-0.4, -0.2) is 79.2 Å². The molecule has 0 aliphatic rings. The molecule has 0 aromatic carbocycles. The summed E-state index contributed by atoms with van der Waals surface area (Å²) < 4.78 is 0. The van der Waals surface area contributed by atoms with E-state index < -0.39 is 37.1 Å². The molecule has 0 saturated carbocycles. The molecule has 0 radical (unpaired) electrons. The van der Waals surface area contributed by atoms with E-state index in [2.05, 4.69) is 31.0 Å². The minimum atomic E-state index is -0.987. The predicted molar refractivity (Wildman–Crippen MR) is 139 cm³/mol. The first kappa shape index (κ1) is 33.1. The molecule has 2 amide bonds. The number of carbonyl (C=O) groups is 2. The highest BCUT2D eigenvalue weighted by Gasteiger charge is 2.15. The lowest BCUT2D eigenvalue weighted by Crippen LogP contribution is -2.38. The summed E-state index contributed by atoms with van der Waals surface area (Å²) in [6, 6.07) is -1.97. The van der Waals surface area contributed by atoms with Crippen LogP contribution in [0.25, 0.3) is 0 Å². The normalized spacial score (nSPS) is 11.9. The summed E-state index contributed by atoms with van der Waals surface area (Å²) in [6.07, 6.45) is 1.39. The van der Waals surface area contributed by atoms with Crippen molar-refractivity contribution in [1.29, 1.82) is 0 Å². The Morgan fingerprint density at radius 1 is 0.844 bits per heavy atom. The summed E-state index contributed by atoms with van der Waals surface area (Å²) in [7, 11) is 0. The molecule has 0 aliphatic heterocycles. The van der Waals surface area contributed by atoms with Crippen LogP contribution in [0.3, 0.4) is 0 Å². The van der Waals surface area contributed by atoms with E-state index in [9.17, 15) is 9.59 Å². The number of aliphatic hydroxyl groups is 2. The molecule has 2 heterocycles. The molecule has 0 unspecified atom stereocenters. The highest BCUT2D eigenvalue weighted by Crippen LogP contribution is 2.19. The minimum absolute atomic E-state index is 0. The number of aryl methyl sites for hydroxylation is 2. The van der Waals surface area contributed by atoms with E-state index in [1.165, 1.54) is 22.7 Å². The molecule has 0 bridgehead atoms. The molecule has 17 heteroatoms. The number of hydrogen-bond donors (Lipinski definition) is 6. The SMILES string of the molecule is C.N[C@@H](CO)C(=O)Nc1nnc(CCSCCc2nnc(NC(=O)[C@@H](N)CO)s2)s1.S.S. The molecule has 2 rings (SSSR count). The van der Waals surface area contributed by atoms with Gasteiger partial charge in [-0.1, -0.05) is 30.1 Å². The van der Waals surface area contributed by atoms with Gasteiger partial charge in [-0.3, -0.25) is 20.2 Å². The Hall–Kier alpha value is -1.05. The average molecular weight is 547 g/mol. The van der Waals surface area contributed by atoms with E-state index in [1.807, 2.05) is 0 Å². The number of aliphatic hydroxyl groups excluding tert-OH is 2. The monoisotopic (exact) mass is 546 g/mol. The maximum Gasteiger partial charge on any atom is 0.245 e. The molecule has 2 atom stereocenters. The summed E-state index contributed by atoms with van der Waals surface area (Å²) in [5.41, 5.74) is 10.8. The van der Waals surface area contributed by atoms with E-state index in [0.29, 0.717) is 23.1 Å². The van der Waals surface area contributed by atoms with Gasteiger partial charge >= 0.3 is 0 Å². The zero-order chi connectivity index (χ0) is 21.2. The number of thioether (sulfide) groups is 1. The molecular formula is C15H30N8O4S5. The van der Waals surface area contributed by atoms with Crippen LogP contribution < -0.4 is 22.1 Å². The smallest absolute Gasteiger partial charge is 0.245 e. The second-order valence-corrected chi connectivity index (χ2v) is 9.02. The number of nitrogens with two attached hydrogens (primary N) is 2. The summed E-state index contributed by atoms with van der Waals surface area (Å²) in [6.45, 7) is -0.875. The first-order valence-electron chi connectivity index (χ1n) is 8.50. The standard InChI is InChI=1S/C14H22N8O4S3.CH4.2H2S/c15-7(5-23)11(25)17-13-21-19-9(28-13)1-3-27-4-2-10-20-22-14(29-10)18-12(26)8(16)6-24;;;/h7-8,23-24H,1-6,15-16H2,(H,17,21,25)(H,18,22,26);1H4;2*1H2/t7-,8-;;;/m0.../s1. The van der Waals surface area contributed by atoms with Crippen LogP contribution >= 0.6 is 61.4 Å². The molecule has 0 aliphatic carbocycles. The van der Waals surface area contributed by atoms with Gasteiger partial charge in [-0.25, -0.2) is 0 Å². The van der Waals surface area contributed by atoms with Gasteiger partial charge < -0.3 is 21.7 Å². The van der Waals surface area contributed by atoms with Gasteiger partial charge in [0, 0.05) is 12.8 Å². The zero-order valence-corrected chi connectivity index (χ0v) is 20.7. The highest BCUT2D eigenvalue weighted by molar-refractivity contribution is 7.99. The second kappa shape index (κ2) is 17.4. The fourth-order valence-electron chi connectivity index (χ4n) is 1.79. The van der Waals surface area contributed by atoms with Crippen LogP contribution in [-0.2, 0) is 22.4 Å². The van der Waals surface area contributed by atoms with Crippen molar-refractivity contribution in [2.45, 2.75) is 32.4 Å². The van der Waals surface area contributed by atoms with Gasteiger partial charge in [-0.2, -0.15) is 38.8 Å². The van der Waals surface area contributed by atoms with Crippen molar-refractivity contribution >= 4 is 83.5 Å². The lowest BCUT2D eigenvalue weighted by atomic mass is 10.3. The lowest BCUT2D eigenvalue weighted by molar-refractivity contribution is -0.119. The maximum absolute atomic E-state index is 11.6. The molecular weight excluding hydrogens is 517 g/mol. The van der Waals surface area contributed by atoms with Gasteiger partial charge in [0.15, 0.2) is 0 Å². The summed E-state index contributed by atoms with van der Waals surface area (Å²) >= 11 is 4.23. The zero-order valence-electron chi connectivity index (χ0n) is 16.3. The average Bonchev–Trinajstić information content (AvgIpc) is 3.35. The number of anilines is 2. The quantitative estimate of drug-likeness (QED) is 0.183. The maximum atomic E-state index is 11.6. The van der Waals surface area contributed by atoms with Crippen LogP contribution in [0.5, 0.6) is 0 Å². The second-order valence-electron chi connectivity index (χ2n) is 5.67. The van der Waals surface area contributed by atoms with Crippen LogP contribution in [0.2, 0.25) is 0 Å². The van der Waals surface area contributed by atoms with Gasteiger partial charge in [0.2, 0.25) is 22.1 Å². The van der Waals surface area contributed by atoms with E-state index >= 15 is 0 Å². The van der Waals surface area contributed by atoms with Crippen LogP contribution in [0.1, 0.15) is 17.4 Å². The van der Waals surface area contributed by atoms with Crippen molar-refractivity contribution in [2.24, 2.45) is 11.5 Å². The Labute approximate surface area is 212 Å². The number of nitrogens with one attached hydrogen (secondary N) is 2. The van der Waals surface area contributed by atoms with Gasteiger partial charge in [0.1, 0.15) is 22.1 Å². The van der Waals surface area contributed by atoms with Crippen LogP contribution in [0.4, 0.5) is 10.3 Å². The largest absolute Gasteiger partial charge is 0.394 e. The lowest BCUT2D eigenvalue weighted by Gasteiger charge is -2.05.